The van der Waals surface area contributed by atoms with E-state index in [2.05, 4.69) is 10.5 Å². The highest BCUT2D eigenvalue weighted by Crippen LogP contribution is 2.31. The van der Waals surface area contributed by atoms with Crippen molar-refractivity contribution >= 4 is 46.0 Å². The largest absolute Gasteiger partial charge is 0.504 e. The van der Waals surface area contributed by atoms with E-state index < -0.39 is 0 Å². The van der Waals surface area contributed by atoms with Gasteiger partial charge in [-0.2, -0.15) is 5.10 Å². The van der Waals surface area contributed by atoms with Crippen LogP contribution in [0.25, 0.3) is 0 Å². The van der Waals surface area contributed by atoms with Crippen LogP contribution in [-0.2, 0) is 0 Å². The number of nitrogens with one attached hydrogen (secondary N) is 1. The first-order chi connectivity index (χ1) is 9.61. The summed E-state index contributed by atoms with van der Waals surface area (Å²) >= 11 is 3.34. The lowest BCUT2D eigenvalue weighted by molar-refractivity contribution is 0.0959. The van der Waals surface area contributed by atoms with E-state index in [9.17, 15) is 9.90 Å². The number of rotatable bonds is 4. The SMILES string of the molecule is COc1cc(C=NNC(=O)c2cccs2)cc(I)c1O. The number of hydrazone groups is 1. The first-order valence-electron chi connectivity index (χ1n) is 5.55. The number of ether oxygens (including phenoxy) is 1. The van der Waals surface area contributed by atoms with E-state index in [4.69, 9.17) is 4.74 Å². The summed E-state index contributed by atoms with van der Waals surface area (Å²) in [6.45, 7) is 0. The maximum Gasteiger partial charge on any atom is 0.281 e. The summed E-state index contributed by atoms with van der Waals surface area (Å²) in [5, 5.41) is 15.4. The number of hydrogen-bond donors (Lipinski definition) is 2. The number of phenols is 1. The second-order valence-corrected chi connectivity index (χ2v) is 5.84. The number of thiophene rings is 1. The standard InChI is InChI=1S/C13H11IN2O3S/c1-19-10-6-8(5-9(14)12(10)17)7-15-16-13(18)11-3-2-4-20-11/h2-7,17H,1H3,(H,16,18). The van der Waals surface area contributed by atoms with Crippen LogP contribution in [0.15, 0.2) is 34.7 Å². The zero-order chi connectivity index (χ0) is 14.5. The Hall–Kier alpha value is -1.61. The van der Waals surface area contributed by atoms with Gasteiger partial charge in [0.25, 0.3) is 5.91 Å². The van der Waals surface area contributed by atoms with Gasteiger partial charge in [-0.3, -0.25) is 4.79 Å². The van der Waals surface area contributed by atoms with Crippen LogP contribution in [0.4, 0.5) is 0 Å². The molecular weight excluding hydrogens is 391 g/mol. The number of halogens is 1. The van der Waals surface area contributed by atoms with Crippen LogP contribution in [0.2, 0.25) is 0 Å². The van der Waals surface area contributed by atoms with E-state index in [0.29, 0.717) is 14.2 Å². The number of aromatic hydroxyl groups is 1. The van der Waals surface area contributed by atoms with Gasteiger partial charge in [0.1, 0.15) is 0 Å². The number of amides is 1. The van der Waals surface area contributed by atoms with Crippen molar-refractivity contribution in [2.45, 2.75) is 0 Å². The van der Waals surface area contributed by atoms with Gasteiger partial charge in [0.2, 0.25) is 0 Å². The molecular formula is C13H11IN2O3S. The van der Waals surface area contributed by atoms with E-state index in [-0.39, 0.29) is 11.7 Å². The van der Waals surface area contributed by atoms with Gasteiger partial charge in [-0.25, -0.2) is 5.43 Å². The number of hydrogen-bond acceptors (Lipinski definition) is 5. The van der Waals surface area contributed by atoms with Gasteiger partial charge in [-0.1, -0.05) is 6.07 Å². The van der Waals surface area contributed by atoms with Gasteiger partial charge in [-0.15, -0.1) is 11.3 Å². The lowest BCUT2D eigenvalue weighted by Gasteiger charge is -2.06. The Morgan fingerprint density at radius 2 is 2.35 bits per heavy atom. The van der Waals surface area contributed by atoms with Crippen molar-refractivity contribution in [1.82, 2.24) is 5.43 Å². The third-order valence-electron chi connectivity index (χ3n) is 2.40. The molecule has 0 saturated carbocycles. The van der Waals surface area contributed by atoms with Gasteiger partial charge in [0.15, 0.2) is 11.5 Å². The molecule has 0 atom stereocenters. The fourth-order valence-corrected chi connectivity index (χ4v) is 2.69. The second kappa shape index (κ2) is 6.71. The molecule has 0 radical (unpaired) electrons. The van der Waals surface area contributed by atoms with Crippen LogP contribution in [0.3, 0.4) is 0 Å². The van der Waals surface area contributed by atoms with Crippen molar-refractivity contribution in [2.24, 2.45) is 5.10 Å². The summed E-state index contributed by atoms with van der Waals surface area (Å²) in [6.07, 6.45) is 1.50. The topological polar surface area (TPSA) is 70.9 Å². The number of methoxy groups -OCH3 is 1. The molecule has 0 aliphatic carbocycles. The smallest absolute Gasteiger partial charge is 0.281 e. The van der Waals surface area contributed by atoms with Crippen molar-refractivity contribution in [1.29, 1.82) is 0 Å². The van der Waals surface area contributed by atoms with E-state index in [1.807, 2.05) is 28.0 Å². The molecule has 0 unspecified atom stereocenters. The summed E-state index contributed by atoms with van der Waals surface area (Å²) in [6, 6.07) is 6.90. The Morgan fingerprint density at radius 1 is 1.55 bits per heavy atom. The van der Waals surface area contributed by atoms with Gasteiger partial charge < -0.3 is 9.84 Å². The summed E-state index contributed by atoms with van der Waals surface area (Å²) in [5.41, 5.74) is 3.16. The van der Waals surface area contributed by atoms with Crippen molar-refractivity contribution in [2.75, 3.05) is 7.11 Å². The van der Waals surface area contributed by atoms with Crippen LogP contribution >= 0.6 is 33.9 Å². The average Bonchev–Trinajstić information content (AvgIpc) is 2.96. The van der Waals surface area contributed by atoms with Crippen molar-refractivity contribution in [3.8, 4) is 11.5 Å². The monoisotopic (exact) mass is 402 g/mol. The molecule has 2 N–H and O–H groups in total. The van der Waals surface area contributed by atoms with Crippen molar-refractivity contribution < 1.29 is 14.6 Å². The first-order valence-corrected chi connectivity index (χ1v) is 7.51. The molecule has 0 bridgehead atoms. The van der Waals surface area contributed by atoms with Gasteiger partial charge in [0, 0.05) is 0 Å². The predicted octanol–water partition coefficient (Wildman–Crippen LogP) is 2.83. The highest BCUT2D eigenvalue weighted by Gasteiger charge is 2.08. The second-order valence-electron chi connectivity index (χ2n) is 3.73. The summed E-state index contributed by atoms with van der Waals surface area (Å²) in [7, 11) is 1.48. The van der Waals surface area contributed by atoms with Gasteiger partial charge >= 0.3 is 0 Å². The maximum atomic E-state index is 11.7. The van der Waals surface area contributed by atoms with Crippen LogP contribution in [-0.4, -0.2) is 24.3 Å². The zero-order valence-corrected chi connectivity index (χ0v) is 13.4. The molecule has 1 aromatic carbocycles. The normalized spacial score (nSPS) is 10.7. The Kier molecular flexibility index (Phi) is 4.96. The molecule has 5 nitrogen and oxygen atoms in total. The molecule has 20 heavy (non-hydrogen) atoms. The van der Waals surface area contributed by atoms with E-state index in [1.165, 1.54) is 24.7 Å². The predicted molar refractivity (Wildman–Crippen MR) is 86.8 cm³/mol. The van der Waals surface area contributed by atoms with Gasteiger partial charge in [-0.05, 0) is 51.7 Å². The Balaban J connectivity index is 2.08. The minimum atomic E-state index is -0.253. The molecule has 0 saturated heterocycles. The molecule has 0 aliphatic heterocycles. The highest BCUT2D eigenvalue weighted by molar-refractivity contribution is 14.1. The molecule has 104 valence electrons. The molecule has 1 aromatic heterocycles. The summed E-state index contributed by atoms with van der Waals surface area (Å²) < 4.78 is 5.70. The molecule has 7 heteroatoms. The van der Waals surface area contributed by atoms with E-state index >= 15 is 0 Å². The number of nitrogens with zero attached hydrogens (tertiary/aromatic N) is 1. The van der Waals surface area contributed by atoms with Gasteiger partial charge in [0.05, 0.1) is 21.8 Å². The molecule has 0 aliphatic rings. The Labute approximate surface area is 133 Å². The van der Waals surface area contributed by atoms with Crippen LogP contribution in [0, 0.1) is 3.57 Å². The maximum absolute atomic E-state index is 11.7. The quantitative estimate of drug-likeness (QED) is 0.470. The minimum absolute atomic E-state index is 0.0906. The van der Waals surface area contributed by atoms with E-state index in [0.717, 1.165) is 5.56 Å². The Bertz CT molecular complexity index is 641. The number of carbonyl (C=O) groups is 1. The lowest BCUT2D eigenvalue weighted by Crippen LogP contribution is -2.16. The molecule has 0 fully saturated rings. The number of benzene rings is 1. The third kappa shape index (κ3) is 3.48. The van der Waals surface area contributed by atoms with E-state index in [1.54, 1.807) is 24.3 Å². The van der Waals surface area contributed by atoms with Crippen molar-refractivity contribution in [3.05, 3.63) is 43.7 Å². The fourth-order valence-electron chi connectivity index (χ4n) is 1.45. The molecule has 0 spiro atoms. The molecule has 2 rings (SSSR count). The molecule has 1 heterocycles. The van der Waals surface area contributed by atoms with Crippen LogP contribution in [0.5, 0.6) is 11.5 Å². The highest BCUT2D eigenvalue weighted by atomic mass is 127. The first kappa shape index (κ1) is 14.8. The summed E-state index contributed by atoms with van der Waals surface area (Å²) in [4.78, 5) is 12.3. The Morgan fingerprint density at radius 3 is 3.00 bits per heavy atom. The van der Waals surface area contributed by atoms with Crippen LogP contribution in [0.1, 0.15) is 15.2 Å². The number of phenolic OH excluding ortho intramolecular Hbond substituents is 1. The molecule has 2 aromatic rings. The average molecular weight is 402 g/mol. The zero-order valence-electron chi connectivity index (χ0n) is 10.5. The van der Waals surface area contributed by atoms with Crippen molar-refractivity contribution in [3.63, 3.8) is 0 Å². The molecule has 1 amide bonds. The van der Waals surface area contributed by atoms with Crippen LogP contribution < -0.4 is 10.2 Å². The third-order valence-corrected chi connectivity index (χ3v) is 4.09. The lowest BCUT2D eigenvalue weighted by atomic mass is 10.2. The minimum Gasteiger partial charge on any atom is -0.504 e. The summed E-state index contributed by atoms with van der Waals surface area (Å²) in [5.74, 6) is 0.201. The number of carbonyl (C=O) groups excluding carboxylic acids is 1. The fraction of sp³-hybridized carbons (Fsp3) is 0.0769.